The molecule has 2 N–H and O–H groups in total. The lowest BCUT2D eigenvalue weighted by Crippen LogP contribution is -2.46. The van der Waals surface area contributed by atoms with Crippen molar-refractivity contribution in [1.82, 2.24) is 0 Å². The van der Waals surface area contributed by atoms with E-state index in [1.54, 1.807) is 0 Å². The van der Waals surface area contributed by atoms with Crippen LogP contribution in [0, 0.1) is 5.92 Å². The molecule has 1 saturated heterocycles. The van der Waals surface area contributed by atoms with Crippen molar-refractivity contribution in [3.63, 3.8) is 0 Å². The van der Waals surface area contributed by atoms with Crippen molar-refractivity contribution < 1.29 is 33.1 Å². The van der Waals surface area contributed by atoms with Crippen LogP contribution in [0.15, 0.2) is 0 Å². The minimum Gasteiger partial charge on any atom is -0.412 e. The molecule has 1 fully saturated rings. The summed E-state index contributed by atoms with van der Waals surface area (Å²) in [6, 6.07) is 0.653. The van der Waals surface area contributed by atoms with Gasteiger partial charge in [0.05, 0.1) is 12.3 Å². The second-order valence-electron chi connectivity index (χ2n) is 4.57. The zero-order valence-corrected chi connectivity index (χ0v) is 14.0. The first-order valence-corrected chi connectivity index (χ1v) is 9.16. The summed E-state index contributed by atoms with van der Waals surface area (Å²) < 4.78 is 21.7. The fourth-order valence-corrected chi connectivity index (χ4v) is 4.95. The zero-order chi connectivity index (χ0) is 15.0. The second-order valence-corrected chi connectivity index (χ2v) is 7.30. The molecule has 0 aromatic carbocycles. The average molecular weight is 322 g/mol. The van der Waals surface area contributed by atoms with Crippen molar-refractivity contribution in [3.05, 3.63) is 0 Å². The Kier molecular flexibility index (Phi) is 9.63. The molecule has 0 bridgehead atoms. The molecule has 1 aliphatic heterocycles. The molecule has 1 heterocycles. The molecule has 0 spiro atoms. The molecule has 0 aromatic rings. The Morgan fingerprint density at radius 3 is 2.00 bits per heavy atom. The van der Waals surface area contributed by atoms with Crippen molar-refractivity contribution in [2.75, 3.05) is 19.8 Å². The smallest absolute Gasteiger partial charge is 0.412 e. The maximum Gasteiger partial charge on any atom is 0.500 e. The van der Waals surface area contributed by atoms with E-state index in [1.807, 2.05) is 20.8 Å². The summed E-state index contributed by atoms with van der Waals surface area (Å²) in [5.74, 6) is -1.16. The van der Waals surface area contributed by atoms with Crippen LogP contribution in [-0.2, 0) is 27.6 Å². The van der Waals surface area contributed by atoms with Gasteiger partial charge >= 0.3 is 20.7 Å². The standard InChI is InChI=1S/C13H24O6Si.H2O/c1-4-16-20(17-5-2,18-6-3)9-7-8-11-10-12(14)19-13(11)15;/h11H,4-10H2,1-3H3;1H2. The van der Waals surface area contributed by atoms with E-state index in [0.29, 0.717) is 32.3 Å². The monoisotopic (exact) mass is 322 g/mol. The minimum atomic E-state index is -2.64. The summed E-state index contributed by atoms with van der Waals surface area (Å²) in [6.07, 6.45) is 1.51. The van der Waals surface area contributed by atoms with Gasteiger partial charge in [0.1, 0.15) is 0 Å². The predicted molar refractivity (Wildman–Crippen MR) is 77.5 cm³/mol. The number of carbonyl (C=O) groups is 2. The number of esters is 2. The number of cyclic esters (lactones) is 2. The molecule has 7 nitrogen and oxygen atoms in total. The highest BCUT2D eigenvalue weighted by Gasteiger charge is 2.41. The van der Waals surface area contributed by atoms with Gasteiger partial charge in [-0.15, -0.1) is 0 Å². The third-order valence-electron chi connectivity index (χ3n) is 3.09. The molecule has 1 aliphatic rings. The van der Waals surface area contributed by atoms with E-state index >= 15 is 0 Å². The van der Waals surface area contributed by atoms with Crippen molar-refractivity contribution in [3.8, 4) is 0 Å². The molecule has 0 aromatic heterocycles. The summed E-state index contributed by atoms with van der Waals surface area (Å²) in [5.41, 5.74) is 0. The van der Waals surface area contributed by atoms with Gasteiger partial charge in [-0.25, -0.2) is 0 Å². The first kappa shape index (κ1) is 20.2. The van der Waals surface area contributed by atoms with E-state index in [2.05, 4.69) is 4.74 Å². The lowest BCUT2D eigenvalue weighted by atomic mass is 10.0. The van der Waals surface area contributed by atoms with Gasteiger partial charge < -0.3 is 23.5 Å². The molecule has 21 heavy (non-hydrogen) atoms. The summed E-state index contributed by atoms with van der Waals surface area (Å²) in [5, 5.41) is 0. The van der Waals surface area contributed by atoms with Crippen LogP contribution in [0.4, 0.5) is 0 Å². The molecule has 124 valence electrons. The first-order chi connectivity index (χ1) is 9.56. The highest BCUT2D eigenvalue weighted by Crippen LogP contribution is 2.25. The van der Waals surface area contributed by atoms with Crippen molar-refractivity contribution >= 4 is 20.7 Å². The number of ether oxygens (including phenoxy) is 1. The summed E-state index contributed by atoms with van der Waals surface area (Å²) >= 11 is 0. The normalized spacial score (nSPS) is 18.5. The van der Waals surface area contributed by atoms with Crippen molar-refractivity contribution in [2.24, 2.45) is 5.92 Å². The summed E-state index contributed by atoms with van der Waals surface area (Å²) in [7, 11) is -2.64. The molecule has 1 unspecified atom stereocenters. The molecular formula is C13H26O7Si. The number of hydrogen-bond acceptors (Lipinski definition) is 6. The average Bonchev–Trinajstić information content (AvgIpc) is 2.69. The highest BCUT2D eigenvalue weighted by molar-refractivity contribution is 6.60. The highest BCUT2D eigenvalue weighted by atomic mass is 28.4. The second kappa shape index (κ2) is 10.0. The third-order valence-corrected chi connectivity index (χ3v) is 6.24. The Hall–Kier alpha value is -0.803. The Morgan fingerprint density at radius 2 is 1.62 bits per heavy atom. The number of rotatable bonds is 10. The van der Waals surface area contributed by atoms with Gasteiger partial charge in [-0.1, -0.05) is 0 Å². The van der Waals surface area contributed by atoms with Crippen LogP contribution in [0.1, 0.15) is 40.0 Å². The Morgan fingerprint density at radius 1 is 1.10 bits per heavy atom. The van der Waals surface area contributed by atoms with Crippen LogP contribution in [0.3, 0.4) is 0 Å². The van der Waals surface area contributed by atoms with E-state index in [1.165, 1.54) is 0 Å². The van der Waals surface area contributed by atoms with Crippen molar-refractivity contribution in [2.45, 2.75) is 46.1 Å². The van der Waals surface area contributed by atoms with Crippen LogP contribution < -0.4 is 0 Å². The van der Waals surface area contributed by atoms with E-state index in [4.69, 9.17) is 13.3 Å². The quantitative estimate of drug-likeness (QED) is 0.339. The first-order valence-electron chi connectivity index (χ1n) is 7.23. The third kappa shape index (κ3) is 6.23. The Bertz CT molecular complexity index is 317. The Labute approximate surface area is 126 Å². The van der Waals surface area contributed by atoms with Crippen molar-refractivity contribution in [1.29, 1.82) is 0 Å². The van der Waals surface area contributed by atoms with Crippen LogP contribution in [-0.4, -0.2) is 46.0 Å². The van der Waals surface area contributed by atoms with Gasteiger partial charge in [0.2, 0.25) is 0 Å². The van der Waals surface area contributed by atoms with Crippen LogP contribution in [0.2, 0.25) is 6.04 Å². The Balaban J connectivity index is 0.00000400. The van der Waals surface area contributed by atoms with Gasteiger partial charge in [-0.05, 0) is 33.6 Å². The van der Waals surface area contributed by atoms with Gasteiger partial charge in [0.25, 0.3) is 0 Å². The molecule has 0 radical (unpaired) electrons. The topological polar surface area (TPSA) is 103 Å². The number of hydrogen-bond donors (Lipinski definition) is 0. The van der Waals surface area contributed by atoms with E-state index in [9.17, 15) is 9.59 Å². The maximum atomic E-state index is 11.4. The zero-order valence-electron chi connectivity index (χ0n) is 13.0. The van der Waals surface area contributed by atoms with E-state index in [0.717, 1.165) is 6.42 Å². The lowest BCUT2D eigenvalue weighted by Gasteiger charge is -2.28. The largest absolute Gasteiger partial charge is 0.500 e. The summed E-state index contributed by atoms with van der Waals surface area (Å²) in [6.45, 7) is 7.34. The van der Waals surface area contributed by atoms with Gasteiger partial charge in [0, 0.05) is 25.9 Å². The molecule has 0 aliphatic carbocycles. The van der Waals surface area contributed by atoms with Gasteiger partial charge in [-0.2, -0.15) is 0 Å². The summed E-state index contributed by atoms with van der Waals surface area (Å²) in [4.78, 5) is 22.4. The molecular weight excluding hydrogens is 296 g/mol. The molecule has 1 rings (SSSR count). The van der Waals surface area contributed by atoms with Gasteiger partial charge in [0.15, 0.2) is 0 Å². The van der Waals surface area contributed by atoms with Crippen LogP contribution in [0.5, 0.6) is 0 Å². The molecule has 0 amide bonds. The lowest BCUT2D eigenvalue weighted by molar-refractivity contribution is -0.153. The SMILES string of the molecule is CCO[Si](CCCC1CC(=O)OC1=O)(OCC)OCC.O. The van der Waals surface area contributed by atoms with Gasteiger partial charge in [-0.3, -0.25) is 9.59 Å². The predicted octanol–water partition coefficient (Wildman–Crippen LogP) is 1.08. The number of carbonyl (C=O) groups excluding carboxylic acids is 2. The van der Waals surface area contributed by atoms with Crippen LogP contribution in [0.25, 0.3) is 0 Å². The van der Waals surface area contributed by atoms with E-state index in [-0.39, 0.29) is 17.8 Å². The molecule has 0 saturated carbocycles. The van der Waals surface area contributed by atoms with Crippen LogP contribution >= 0.6 is 0 Å². The molecule has 8 heteroatoms. The fourth-order valence-electron chi connectivity index (χ4n) is 2.31. The maximum absolute atomic E-state index is 11.4. The molecule has 1 atom stereocenters. The fraction of sp³-hybridized carbons (Fsp3) is 0.846. The minimum absolute atomic E-state index is 0. The van der Waals surface area contributed by atoms with E-state index < -0.39 is 20.7 Å².